The highest BCUT2D eigenvalue weighted by atomic mass is 35.5. The summed E-state index contributed by atoms with van der Waals surface area (Å²) in [7, 11) is 0. The summed E-state index contributed by atoms with van der Waals surface area (Å²) in [4.78, 5) is 2.05. The first-order valence-electron chi connectivity index (χ1n) is 5.78. The maximum Gasteiger partial charge on any atom is 0.0992 e. The Balaban J connectivity index is 2.89. The van der Waals surface area contributed by atoms with Crippen molar-refractivity contribution < 1.29 is 5.11 Å². The van der Waals surface area contributed by atoms with Gasteiger partial charge in [-0.05, 0) is 24.6 Å². The van der Waals surface area contributed by atoms with Gasteiger partial charge in [0.15, 0.2) is 0 Å². The first kappa shape index (κ1) is 13.8. The maximum absolute atomic E-state index is 9.05. The van der Waals surface area contributed by atoms with Crippen molar-refractivity contribution in [3.8, 4) is 6.07 Å². The molecule has 4 heteroatoms. The Labute approximate surface area is 107 Å². The van der Waals surface area contributed by atoms with Crippen LogP contribution in [0, 0.1) is 11.3 Å². The van der Waals surface area contributed by atoms with E-state index in [4.69, 9.17) is 22.0 Å². The highest BCUT2D eigenvalue weighted by Crippen LogP contribution is 2.26. The summed E-state index contributed by atoms with van der Waals surface area (Å²) in [6, 6.07) is 7.30. The van der Waals surface area contributed by atoms with Crippen LogP contribution in [0.25, 0.3) is 0 Å². The van der Waals surface area contributed by atoms with Gasteiger partial charge in [0.1, 0.15) is 0 Å². The quantitative estimate of drug-likeness (QED) is 0.847. The van der Waals surface area contributed by atoms with E-state index in [1.165, 1.54) is 0 Å². The van der Waals surface area contributed by atoms with E-state index in [9.17, 15) is 0 Å². The number of aliphatic hydroxyl groups is 1. The second-order valence-electron chi connectivity index (χ2n) is 3.84. The van der Waals surface area contributed by atoms with E-state index < -0.39 is 0 Å². The van der Waals surface area contributed by atoms with Gasteiger partial charge < -0.3 is 10.0 Å². The van der Waals surface area contributed by atoms with E-state index in [1.54, 1.807) is 12.1 Å². The first-order chi connectivity index (χ1) is 8.22. The number of aliphatic hydroxyl groups excluding tert-OH is 1. The van der Waals surface area contributed by atoms with Crippen molar-refractivity contribution in [2.24, 2.45) is 0 Å². The van der Waals surface area contributed by atoms with Crippen LogP contribution in [0.15, 0.2) is 18.2 Å². The van der Waals surface area contributed by atoms with Crippen LogP contribution < -0.4 is 4.90 Å². The summed E-state index contributed by atoms with van der Waals surface area (Å²) in [6.07, 6.45) is 2.14. The molecule has 0 saturated carbocycles. The molecule has 0 radical (unpaired) electrons. The fourth-order valence-electron chi connectivity index (χ4n) is 1.66. The number of nitrogens with zero attached hydrogens (tertiary/aromatic N) is 2. The summed E-state index contributed by atoms with van der Waals surface area (Å²) in [5.74, 6) is 0. The van der Waals surface area contributed by atoms with Gasteiger partial charge in [-0.15, -0.1) is 0 Å². The number of rotatable bonds is 6. The number of benzene rings is 1. The van der Waals surface area contributed by atoms with Crippen LogP contribution in [0.1, 0.15) is 25.3 Å². The maximum atomic E-state index is 9.05. The molecular formula is C13H17ClN2O. The Hall–Kier alpha value is -1.24. The predicted octanol–water partition coefficient (Wildman–Crippen LogP) is 2.81. The SMILES string of the molecule is CCCCN(CCO)c1ccc(C#N)cc1Cl. The lowest BCUT2D eigenvalue weighted by atomic mass is 10.2. The van der Waals surface area contributed by atoms with Crippen LogP contribution in [0.2, 0.25) is 5.02 Å². The minimum Gasteiger partial charge on any atom is -0.395 e. The lowest BCUT2D eigenvalue weighted by Gasteiger charge is -2.24. The average Bonchev–Trinajstić information content (AvgIpc) is 2.34. The van der Waals surface area contributed by atoms with E-state index in [0.717, 1.165) is 25.1 Å². The second-order valence-corrected chi connectivity index (χ2v) is 4.25. The first-order valence-corrected chi connectivity index (χ1v) is 6.16. The molecule has 0 fully saturated rings. The van der Waals surface area contributed by atoms with E-state index in [-0.39, 0.29) is 6.61 Å². The van der Waals surface area contributed by atoms with Gasteiger partial charge in [0.25, 0.3) is 0 Å². The second kappa shape index (κ2) is 7.16. The average molecular weight is 253 g/mol. The molecular weight excluding hydrogens is 236 g/mol. The molecule has 0 saturated heterocycles. The number of hydrogen-bond donors (Lipinski definition) is 1. The lowest BCUT2D eigenvalue weighted by molar-refractivity contribution is 0.301. The Morgan fingerprint density at radius 3 is 2.71 bits per heavy atom. The molecule has 3 nitrogen and oxygen atoms in total. The van der Waals surface area contributed by atoms with Crippen molar-refractivity contribution in [3.63, 3.8) is 0 Å². The van der Waals surface area contributed by atoms with Gasteiger partial charge in [0.2, 0.25) is 0 Å². The Bertz CT molecular complexity index is 401. The number of nitriles is 1. The molecule has 0 aliphatic carbocycles. The van der Waals surface area contributed by atoms with Crippen LogP contribution in [0.3, 0.4) is 0 Å². The van der Waals surface area contributed by atoms with E-state index in [0.29, 0.717) is 17.1 Å². The predicted molar refractivity (Wildman–Crippen MR) is 70.4 cm³/mol. The number of halogens is 1. The fourth-order valence-corrected chi connectivity index (χ4v) is 1.96. The standard InChI is InChI=1S/C13H17ClN2O/c1-2-3-6-16(7-8-17)13-5-4-11(10-15)9-12(13)14/h4-5,9,17H,2-3,6-8H2,1H3. The molecule has 0 spiro atoms. The van der Waals surface area contributed by atoms with Gasteiger partial charge >= 0.3 is 0 Å². The Kier molecular flexibility index (Phi) is 5.82. The summed E-state index contributed by atoms with van der Waals surface area (Å²) < 4.78 is 0. The number of hydrogen-bond acceptors (Lipinski definition) is 3. The van der Waals surface area contributed by atoms with Gasteiger partial charge in [-0.3, -0.25) is 0 Å². The monoisotopic (exact) mass is 252 g/mol. The molecule has 17 heavy (non-hydrogen) atoms. The van der Waals surface area contributed by atoms with Crippen molar-refractivity contribution in [2.45, 2.75) is 19.8 Å². The molecule has 1 rings (SSSR count). The molecule has 0 aliphatic heterocycles. The normalized spacial score (nSPS) is 10.0. The smallest absolute Gasteiger partial charge is 0.0992 e. The van der Waals surface area contributed by atoms with Crippen molar-refractivity contribution >= 4 is 17.3 Å². The zero-order chi connectivity index (χ0) is 12.7. The minimum absolute atomic E-state index is 0.0973. The summed E-state index contributed by atoms with van der Waals surface area (Å²) in [5, 5.41) is 18.4. The molecule has 1 N–H and O–H groups in total. The number of unbranched alkanes of at least 4 members (excludes halogenated alkanes) is 1. The molecule has 0 aliphatic rings. The van der Waals surface area contributed by atoms with Gasteiger partial charge in [-0.25, -0.2) is 0 Å². The fraction of sp³-hybridized carbons (Fsp3) is 0.462. The molecule has 0 atom stereocenters. The van der Waals surface area contributed by atoms with E-state index in [1.807, 2.05) is 11.0 Å². The Morgan fingerprint density at radius 2 is 2.18 bits per heavy atom. The molecule has 1 aromatic rings. The van der Waals surface area contributed by atoms with E-state index in [2.05, 4.69) is 13.0 Å². The van der Waals surface area contributed by atoms with Crippen molar-refractivity contribution in [1.82, 2.24) is 0 Å². The highest BCUT2D eigenvalue weighted by Gasteiger charge is 2.10. The molecule has 0 unspecified atom stereocenters. The van der Waals surface area contributed by atoms with Crippen molar-refractivity contribution in [1.29, 1.82) is 5.26 Å². The van der Waals surface area contributed by atoms with Crippen LogP contribution in [0.4, 0.5) is 5.69 Å². The van der Waals surface area contributed by atoms with Gasteiger partial charge in [-0.1, -0.05) is 24.9 Å². The third-order valence-electron chi connectivity index (χ3n) is 2.57. The van der Waals surface area contributed by atoms with Crippen LogP contribution in [0.5, 0.6) is 0 Å². The molecule has 0 aromatic heterocycles. The largest absolute Gasteiger partial charge is 0.395 e. The molecule has 0 amide bonds. The molecule has 1 aromatic carbocycles. The van der Waals surface area contributed by atoms with Gasteiger partial charge in [-0.2, -0.15) is 5.26 Å². The lowest BCUT2D eigenvalue weighted by Crippen LogP contribution is -2.27. The highest BCUT2D eigenvalue weighted by molar-refractivity contribution is 6.33. The third-order valence-corrected chi connectivity index (χ3v) is 2.87. The molecule has 0 bridgehead atoms. The zero-order valence-corrected chi connectivity index (χ0v) is 10.7. The van der Waals surface area contributed by atoms with Gasteiger partial charge in [0.05, 0.1) is 28.9 Å². The summed E-state index contributed by atoms with van der Waals surface area (Å²) in [6.45, 7) is 3.64. The zero-order valence-electron chi connectivity index (χ0n) is 9.99. The van der Waals surface area contributed by atoms with Crippen molar-refractivity contribution in [3.05, 3.63) is 28.8 Å². The van der Waals surface area contributed by atoms with Crippen LogP contribution >= 0.6 is 11.6 Å². The van der Waals surface area contributed by atoms with Crippen LogP contribution in [-0.4, -0.2) is 24.8 Å². The summed E-state index contributed by atoms with van der Waals surface area (Å²) in [5.41, 5.74) is 1.44. The number of anilines is 1. The Morgan fingerprint density at radius 1 is 1.41 bits per heavy atom. The molecule has 92 valence electrons. The minimum atomic E-state index is 0.0973. The summed E-state index contributed by atoms with van der Waals surface area (Å²) >= 11 is 6.14. The van der Waals surface area contributed by atoms with Crippen molar-refractivity contribution in [2.75, 3.05) is 24.6 Å². The van der Waals surface area contributed by atoms with Crippen LogP contribution in [-0.2, 0) is 0 Å². The topological polar surface area (TPSA) is 47.3 Å². The van der Waals surface area contributed by atoms with E-state index >= 15 is 0 Å². The molecule has 0 heterocycles. The van der Waals surface area contributed by atoms with Gasteiger partial charge in [0, 0.05) is 13.1 Å². The third kappa shape index (κ3) is 3.92.